The van der Waals surface area contributed by atoms with Gasteiger partial charge in [0.15, 0.2) is 22.4 Å². The lowest BCUT2D eigenvalue weighted by molar-refractivity contribution is -0.109. The number of carbonyl (C=O) groups excluding carboxylic acids is 2. The second kappa shape index (κ2) is 7.97. The van der Waals surface area contributed by atoms with Gasteiger partial charge in [0, 0.05) is 13.0 Å². The molecule has 1 aliphatic heterocycles. The summed E-state index contributed by atoms with van der Waals surface area (Å²) < 4.78 is 38.3. The van der Waals surface area contributed by atoms with Gasteiger partial charge in [-0.1, -0.05) is 11.8 Å². The predicted octanol–water partition coefficient (Wildman–Crippen LogP) is 2.12. The van der Waals surface area contributed by atoms with Gasteiger partial charge >= 0.3 is 0 Å². The molecule has 0 atom stereocenters. The summed E-state index contributed by atoms with van der Waals surface area (Å²) in [4.78, 5) is 26.8. The molecule has 1 aromatic carbocycles. The average molecular weight is 408 g/mol. The molecule has 142 valence electrons. The van der Waals surface area contributed by atoms with E-state index in [0.717, 1.165) is 11.8 Å². The lowest BCUT2D eigenvalue weighted by atomic mass is 10.2. The van der Waals surface area contributed by atoms with Crippen molar-refractivity contribution in [2.24, 2.45) is 0 Å². The molecule has 1 aromatic heterocycles. The van der Waals surface area contributed by atoms with Crippen molar-refractivity contribution in [3.63, 3.8) is 0 Å². The lowest BCUT2D eigenvalue weighted by Gasteiger charge is -2.19. The molecule has 0 fully saturated rings. The summed E-state index contributed by atoms with van der Waals surface area (Å²) in [5, 5.41) is -0.160. The number of ketones is 1. The number of anilines is 1. The van der Waals surface area contributed by atoms with Crippen LogP contribution in [-0.2, 0) is 14.8 Å². The SMILES string of the molecule is CC(=O)SCC(=O)c1ccc(NS(=O)(=O)c2ccc3c(c2)OCCO3)cn1. The molecule has 0 saturated carbocycles. The highest BCUT2D eigenvalue weighted by atomic mass is 32.2. The number of carbonyl (C=O) groups is 2. The fourth-order valence-corrected chi connectivity index (χ4v) is 3.81. The number of hydrogen-bond acceptors (Lipinski definition) is 8. The third kappa shape index (κ3) is 4.77. The number of nitrogens with zero attached hydrogens (tertiary/aromatic N) is 1. The molecule has 0 amide bonds. The topological polar surface area (TPSA) is 112 Å². The van der Waals surface area contributed by atoms with E-state index in [0.29, 0.717) is 24.7 Å². The molecule has 0 aliphatic carbocycles. The van der Waals surface area contributed by atoms with Crippen molar-refractivity contribution in [1.29, 1.82) is 0 Å². The number of Topliss-reactive ketones (excluding diaryl/α,β-unsaturated/α-hetero) is 1. The minimum absolute atomic E-state index is 0.00932. The van der Waals surface area contributed by atoms with Gasteiger partial charge < -0.3 is 9.47 Å². The molecule has 0 radical (unpaired) electrons. The Hall–Kier alpha value is -2.59. The van der Waals surface area contributed by atoms with Gasteiger partial charge in [-0.3, -0.25) is 19.3 Å². The number of rotatable bonds is 6. The van der Waals surface area contributed by atoms with Crippen molar-refractivity contribution in [3.05, 3.63) is 42.2 Å². The summed E-state index contributed by atoms with van der Waals surface area (Å²) in [5.41, 5.74) is 0.367. The second-order valence-corrected chi connectivity index (χ2v) is 8.38. The Balaban J connectivity index is 1.72. The Bertz CT molecular complexity index is 973. The van der Waals surface area contributed by atoms with Crippen LogP contribution < -0.4 is 14.2 Å². The van der Waals surface area contributed by atoms with Crippen molar-refractivity contribution in [3.8, 4) is 11.5 Å². The molecule has 0 unspecified atom stereocenters. The monoisotopic (exact) mass is 408 g/mol. The van der Waals surface area contributed by atoms with E-state index in [1.54, 1.807) is 0 Å². The van der Waals surface area contributed by atoms with Gasteiger partial charge in [-0.15, -0.1) is 0 Å². The highest BCUT2D eigenvalue weighted by molar-refractivity contribution is 8.14. The van der Waals surface area contributed by atoms with Crippen LogP contribution >= 0.6 is 11.8 Å². The summed E-state index contributed by atoms with van der Waals surface area (Å²) in [6.07, 6.45) is 1.25. The zero-order valence-corrected chi connectivity index (χ0v) is 15.9. The molecule has 0 saturated heterocycles. The zero-order valence-electron chi connectivity index (χ0n) is 14.3. The number of benzene rings is 1. The van der Waals surface area contributed by atoms with Crippen LogP contribution in [-0.4, -0.2) is 43.3 Å². The van der Waals surface area contributed by atoms with E-state index >= 15 is 0 Å². The van der Waals surface area contributed by atoms with Crippen LogP contribution in [0.3, 0.4) is 0 Å². The number of thioether (sulfide) groups is 1. The smallest absolute Gasteiger partial charge is 0.262 e. The standard InChI is InChI=1S/C17H16N2O6S2/c1-11(20)26-10-15(21)14-4-2-12(9-18-14)19-27(22,23)13-3-5-16-17(8-13)25-7-6-24-16/h2-5,8-9,19H,6-7,10H2,1H3. The Morgan fingerprint density at radius 3 is 2.56 bits per heavy atom. The number of ether oxygens (including phenoxy) is 2. The van der Waals surface area contributed by atoms with Crippen molar-refractivity contribution in [1.82, 2.24) is 4.98 Å². The van der Waals surface area contributed by atoms with E-state index in [-0.39, 0.29) is 32.9 Å². The third-order valence-electron chi connectivity index (χ3n) is 3.53. The fraction of sp³-hybridized carbons (Fsp3) is 0.235. The van der Waals surface area contributed by atoms with Gasteiger partial charge in [0.2, 0.25) is 0 Å². The van der Waals surface area contributed by atoms with Crippen LogP contribution in [0.1, 0.15) is 17.4 Å². The lowest BCUT2D eigenvalue weighted by Crippen LogP contribution is -2.17. The highest BCUT2D eigenvalue weighted by Crippen LogP contribution is 2.32. The number of hydrogen-bond donors (Lipinski definition) is 1. The highest BCUT2D eigenvalue weighted by Gasteiger charge is 2.20. The first-order valence-electron chi connectivity index (χ1n) is 7.90. The fourth-order valence-electron chi connectivity index (χ4n) is 2.27. The largest absolute Gasteiger partial charge is 0.486 e. The molecule has 0 bridgehead atoms. The molecule has 0 spiro atoms. The van der Waals surface area contributed by atoms with Crippen LogP contribution in [0, 0.1) is 0 Å². The van der Waals surface area contributed by atoms with E-state index < -0.39 is 10.0 Å². The van der Waals surface area contributed by atoms with Crippen molar-refractivity contribution in [2.45, 2.75) is 11.8 Å². The van der Waals surface area contributed by atoms with Crippen molar-refractivity contribution >= 4 is 38.4 Å². The van der Waals surface area contributed by atoms with E-state index in [1.165, 1.54) is 43.5 Å². The van der Waals surface area contributed by atoms with E-state index in [9.17, 15) is 18.0 Å². The Labute approximate surface area is 160 Å². The third-order valence-corrected chi connectivity index (χ3v) is 5.72. The van der Waals surface area contributed by atoms with Crippen LogP contribution in [0.15, 0.2) is 41.4 Å². The van der Waals surface area contributed by atoms with Crippen molar-refractivity contribution in [2.75, 3.05) is 23.7 Å². The molecule has 10 heteroatoms. The zero-order chi connectivity index (χ0) is 19.4. The summed E-state index contributed by atoms with van der Waals surface area (Å²) >= 11 is 0.895. The molecular formula is C17H16N2O6S2. The van der Waals surface area contributed by atoms with Crippen LogP contribution in [0.4, 0.5) is 5.69 Å². The number of aromatic nitrogens is 1. The normalized spacial score (nSPS) is 13.1. The first-order valence-corrected chi connectivity index (χ1v) is 10.4. The van der Waals surface area contributed by atoms with Gasteiger partial charge in [0.25, 0.3) is 10.0 Å². The maximum atomic E-state index is 12.5. The second-order valence-electron chi connectivity index (χ2n) is 5.55. The molecule has 3 rings (SSSR count). The van der Waals surface area contributed by atoms with Gasteiger partial charge in [0.1, 0.15) is 18.9 Å². The molecule has 1 N–H and O–H groups in total. The minimum Gasteiger partial charge on any atom is -0.486 e. The number of sulfonamides is 1. The molecule has 27 heavy (non-hydrogen) atoms. The van der Waals surface area contributed by atoms with Gasteiger partial charge in [-0.05, 0) is 24.3 Å². The Morgan fingerprint density at radius 2 is 1.89 bits per heavy atom. The average Bonchev–Trinajstić information content (AvgIpc) is 2.66. The molecule has 2 aromatic rings. The summed E-state index contributed by atoms with van der Waals surface area (Å²) in [5.74, 6) is 0.542. The minimum atomic E-state index is -3.86. The number of nitrogens with one attached hydrogen (secondary N) is 1. The molecule has 2 heterocycles. The maximum Gasteiger partial charge on any atom is 0.262 e. The molecule has 1 aliphatic rings. The van der Waals surface area contributed by atoms with Gasteiger partial charge in [-0.2, -0.15) is 0 Å². The summed E-state index contributed by atoms with van der Waals surface area (Å²) in [6.45, 7) is 2.14. The summed E-state index contributed by atoms with van der Waals surface area (Å²) in [7, 11) is -3.86. The number of pyridine rings is 1. The Kier molecular flexibility index (Phi) is 5.66. The quantitative estimate of drug-likeness (QED) is 0.724. The van der Waals surface area contributed by atoms with Crippen LogP contribution in [0.2, 0.25) is 0 Å². The summed E-state index contributed by atoms with van der Waals surface area (Å²) in [6, 6.07) is 7.19. The van der Waals surface area contributed by atoms with Crippen LogP contribution in [0.25, 0.3) is 0 Å². The van der Waals surface area contributed by atoms with Crippen LogP contribution in [0.5, 0.6) is 11.5 Å². The first kappa shape index (κ1) is 19.2. The molecular weight excluding hydrogens is 392 g/mol. The van der Waals surface area contributed by atoms with Gasteiger partial charge in [0.05, 0.1) is 22.5 Å². The maximum absolute atomic E-state index is 12.5. The van der Waals surface area contributed by atoms with E-state index in [2.05, 4.69) is 9.71 Å². The van der Waals surface area contributed by atoms with Crippen molar-refractivity contribution < 1.29 is 27.5 Å². The Morgan fingerprint density at radius 1 is 1.15 bits per heavy atom. The predicted molar refractivity (Wildman–Crippen MR) is 99.9 cm³/mol. The molecule has 8 nitrogen and oxygen atoms in total. The van der Waals surface area contributed by atoms with Gasteiger partial charge in [-0.25, -0.2) is 8.42 Å². The first-order chi connectivity index (χ1) is 12.8. The van der Waals surface area contributed by atoms with E-state index in [4.69, 9.17) is 9.47 Å². The van der Waals surface area contributed by atoms with E-state index in [1.807, 2.05) is 0 Å². The number of fused-ring (bicyclic) bond motifs is 1.